The number of para-hydroxylation sites is 1. The van der Waals surface area contributed by atoms with Crippen molar-refractivity contribution >= 4 is 34.5 Å². The zero-order valence-electron chi connectivity index (χ0n) is 27.2. The molecule has 0 radical (unpaired) electrons. The minimum absolute atomic E-state index is 0.0698. The summed E-state index contributed by atoms with van der Waals surface area (Å²) in [5.41, 5.74) is 2.59. The average Bonchev–Trinajstić information content (AvgIpc) is 3.70. The van der Waals surface area contributed by atoms with Gasteiger partial charge >= 0.3 is 6.09 Å². The number of carbonyl (C=O) groups is 4. The third kappa shape index (κ3) is 9.16. The largest absolute Gasteiger partial charge is 0.445 e. The molecule has 1 saturated heterocycles. The lowest BCUT2D eigenvalue weighted by molar-refractivity contribution is -0.134. The van der Waals surface area contributed by atoms with E-state index in [1.165, 1.54) is 0 Å². The molecule has 0 bridgehead atoms. The summed E-state index contributed by atoms with van der Waals surface area (Å²) in [6.07, 6.45) is 1.95. The van der Waals surface area contributed by atoms with Gasteiger partial charge in [0.05, 0.1) is 18.7 Å². The summed E-state index contributed by atoms with van der Waals surface area (Å²) in [4.78, 5) is 57.7. The van der Waals surface area contributed by atoms with Gasteiger partial charge in [-0.15, -0.1) is 0 Å². The summed E-state index contributed by atoms with van der Waals surface area (Å²) in [6.45, 7) is 6.03. The van der Waals surface area contributed by atoms with E-state index in [1.54, 1.807) is 6.92 Å². The van der Waals surface area contributed by atoms with Crippen molar-refractivity contribution in [1.82, 2.24) is 15.6 Å². The smallest absolute Gasteiger partial charge is 0.408 e. The maximum atomic E-state index is 14.1. The number of aromatic nitrogens is 1. The van der Waals surface area contributed by atoms with E-state index < -0.39 is 35.6 Å². The second-order valence-corrected chi connectivity index (χ2v) is 13.0. The van der Waals surface area contributed by atoms with Crippen molar-refractivity contribution in [2.45, 2.75) is 70.7 Å². The van der Waals surface area contributed by atoms with Crippen LogP contribution >= 0.6 is 0 Å². The second kappa shape index (κ2) is 15.2. The Kier molecular flexibility index (Phi) is 10.9. The number of nitrogens with one attached hydrogen (secondary N) is 3. The van der Waals surface area contributed by atoms with Gasteiger partial charge in [0.25, 0.3) is 0 Å². The Hall–Kier alpha value is -4.76. The molecule has 9 nitrogen and oxygen atoms in total. The predicted molar refractivity (Wildman–Crippen MR) is 180 cm³/mol. The van der Waals surface area contributed by atoms with Crippen molar-refractivity contribution < 1.29 is 28.7 Å². The van der Waals surface area contributed by atoms with Crippen LogP contribution in [0.1, 0.15) is 50.3 Å². The highest BCUT2D eigenvalue weighted by atomic mass is 16.6. The fourth-order valence-corrected chi connectivity index (χ4v) is 5.83. The standard InChI is InChI=1S/C38H43N3O6/c1-25(2)18-32(41-37(45)46-23-27-14-8-5-9-15-27)34(42)21-28(20-29-22-39-31-17-11-10-16-30(29)31)36(44)40-33(35(43)38(3)24-47-38)19-26-12-6-4-7-13-26/h4-17,22,25,28,32-33,39H,18-21,23-24H2,1-3H3,(H,40,44)(H,41,45)/t28?,32-,33?,38-/m1/s1. The summed E-state index contributed by atoms with van der Waals surface area (Å²) in [6, 6.07) is 24.9. The first-order valence-electron chi connectivity index (χ1n) is 16.2. The number of amides is 2. The lowest BCUT2D eigenvalue weighted by Gasteiger charge is -2.25. The predicted octanol–water partition coefficient (Wildman–Crippen LogP) is 5.71. The van der Waals surface area contributed by atoms with Gasteiger partial charge in [-0.05, 0) is 54.9 Å². The fraction of sp³-hybridized carbons (Fsp3) is 0.368. The number of carbonyl (C=O) groups excluding carboxylic acids is 4. The number of fused-ring (bicyclic) bond motifs is 1. The van der Waals surface area contributed by atoms with E-state index in [0.717, 1.165) is 27.6 Å². The van der Waals surface area contributed by atoms with Crippen LogP contribution in [-0.4, -0.2) is 52.8 Å². The third-order valence-corrected chi connectivity index (χ3v) is 8.57. The summed E-state index contributed by atoms with van der Waals surface area (Å²) in [7, 11) is 0. The zero-order valence-corrected chi connectivity index (χ0v) is 27.2. The number of ether oxygens (including phenoxy) is 2. The number of hydrogen-bond donors (Lipinski definition) is 3. The highest BCUT2D eigenvalue weighted by Gasteiger charge is 2.50. The maximum absolute atomic E-state index is 14.1. The summed E-state index contributed by atoms with van der Waals surface area (Å²) in [5.74, 6) is -1.60. The summed E-state index contributed by atoms with van der Waals surface area (Å²) >= 11 is 0. The highest BCUT2D eigenvalue weighted by molar-refractivity contribution is 5.98. The van der Waals surface area contributed by atoms with Crippen LogP contribution in [0.25, 0.3) is 10.9 Å². The van der Waals surface area contributed by atoms with Gasteiger partial charge in [0.15, 0.2) is 11.6 Å². The van der Waals surface area contributed by atoms with Crippen LogP contribution in [0.2, 0.25) is 0 Å². The van der Waals surface area contributed by atoms with Crippen molar-refractivity contribution in [3.05, 3.63) is 108 Å². The first-order chi connectivity index (χ1) is 22.6. The number of H-pyrrole nitrogens is 1. The van der Waals surface area contributed by atoms with Crippen LogP contribution in [-0.2, 0) is 43.3 Å². The number of rotatable bonds is 16. The molecule has 9 heteroatoms. The van der Waals surface area contributed by atoms with Gasteiger partial charge in [-0.2, -0.15) is 0 Å². The van der Waals surface area contributed by atoms with Crippen molar-refractivity contribution in [1.29, 1.82) is 0 Å². The first kappa shape index (κ1) is 33.6. The molecule has 4 atom stereocenters. The number of alkyl carbamates (subject to hydrolysis) is 1. The van der Waals surface area contributed by atoms with Crippen molar-refractivity contribution in [3.8, 4) is 0 Å². The minimum atomic E-state index is -0.943. The number of Topliss-reactive ketones (excluding diaryl/α,β-unsaturated/α-hetero) is 2. The molecule has 0 spiro atoms. The molecule has 3 aromatic carbocycles. The monoisotopic (exact) mass is 637 g/mol. The number of aromatic amines is 1. The number of hydrogen-bond acceptors (Lipinski definition) is 6. The quantitative estimate of drug-likeness (QED) is 0.135. The molecule has 47 heavy (non-hydrogen) atoms. The highest BCUT2D eigenvalue weighted by Crippen LogP contribution is 2.30. The van der Waals surface area contributed by atoms with Crippen LogP contribution in [0.4, 0.5) is 4.79 Å². The van der Waals surface area contributed by atoms with Gasteiger partial charge in [0.1, 0.15) is 12.2 Å². The first-order valence-corrected chi connectivity index (χ1v) is 16.2. The van der Waals surface area contributed by atoms with Gasteiger partial charge in [0.2, 0.25) is 5.91 Å². The zero-order chi connectivity index (χ0) is 33.4. The second-order valence-electron chi connectivity index (χ2n) is 13.0. The lowest BCUT2D eigenvalue weighted by Crippen LogP contribution is -2.50. The Morgan fingerprint density at radius 1 is 0.851 bits per heavy atom. The topological polar surface area (TPSA) is 130 Å². The molecule has 2 unspecified atom stereocenters. The number of epoxide rings is 1. The normalized spacial score (nSPS) is 17.4. The Morgan fingerprint density at radius 2 is 1.49 bits per heavy atom. The van der Waals surface area contributed by atoms with Crippen LogP contribution in [0, 0.1) is 11.8 Å². The van der Waals surface area contributed by atoms with E-state index in [1.807, 2.05) is 105 Å². The molecule has 1 fully saturated rings. The van der Waals surface area contributed by atoms with Crippen molar-refractivity contribution in [3.63, 3.8) is 0 Å². The van der Waals surface area contributed by atoms with E-state index in [0.29, 0.717) is 19.4 Å². The van der Waals surface area contributed by atoms with Crippen molar-refractivity contribution in [2.24, 2.45) is 11.8 Å². The van der Waals surface area contributed by atoms with Crippen LogP contribution in [0.3, 0.4) is 0 Å². The summed E-state index contributed by atoms with van der Waals surface area (Å²) in [5, 5.41) is 6.70. The molecule has 4 aromatic rings. The van der Waals surface area contributed by atoms with Gasteiger partial charge in [-0.25, -0.2) is 4.79 Å². The fourth-order valence-electron chi connectivity index (χ4n) is 5.83. The number of benzene rings is 3. The van der Waals surface area contributed by atoms with E-state index in [9.17, 15) is 19.2 Å². The molecule has 0 saturated carbocycles. The van der Waals surface area contributed by atoms with E-state index in [-0.39, 0.29) is 36.9 Å². The molecule has 3 N–H and O–H groups in total. The molecule has 1 aromatic heterocycles. The molecular weight excluding hydrogens is 594 g/mol. The molecule has 2 amide bonds. The van der Waals surface area contributed by atoms with Gasteiger partial charge < -0.3 is 25.1 Å². The molecule has 1 aliphatic rings. The molecule has 246 valence electrons. The Labute approximate surface area is 275 Å². The molecule has 5 rings (SSSR count). The third-order valence-electron chi connectivity index (χ3n) is 8.57. The SMILES string of the molecule is CC(C)C[C@@H](NC(=O)OCc1ccccc1)C(=O)CC(Cc1c[nH]c2ccccc12)C(=O)NC(Cc1ccccc1)C(=O)[C@@]1(C)CO1. The van der Waals surface area contributed by atoms with E-state index in [2.05, 4.69) is 15.6 Å². The van der Waals surface area contributed by atoms with Crippen LogP contribution in [0.5, 0.6) is 0 Å². The van der Waals surface area contributed by atoms with Gasteiger partial charge in [-0.1, -0.05) is 92.7 Å². The Bertz CT molecular complexity index is 1680. The van der Waals surface area contributed by atoms with Gasteiger partial charge in [-0.3, -0.25) is 14.4 Å². The maximum Gasteiger partial charge on any atom is 0.408 e. The van der Waals surface area contributed by atoms with Crippen LogP contribution in [0.15, 0.2) is 91.1 Å². The minimum Gasteiger partial charge on any atom is -0.445 e. The van der Waals surface area contributed by atoms with E-state index >= 15 is 0 Å². The van der Waals surface area contributed by atoms with Gasteiger partial charge in [0, 0.05) is 29.4 Å². The summed E-state index contributed by atoms with van der Waals surface area (Å²) < 4.78 is 10.9. The molecule has 2 heterocycles. The Balaban J connectivity index is 1.36. The molecule has 0 aliphatic carbocycles. The lowest BCUT2D eigenvalue weighted by atomic mass is 9.88. The molecular formula is C38H43N3O6. The number of ketones is 2. The van der Waals surface area contributed by atoms with Crippen molar-refractivity contribution in [2.75, 3.05) is 6.61 Å². The van der Waals surface area contributed by atoms with Crippen LogP contribution < -0.4 is 10.6 Å². The van der Waals surface area contributed by atoms with E-state index in [4.69, 9.17) is 9.47 Å². The average molecular weight is 638 g/mol. The Morgan fingerprint density at radius 3 is 2.15 bits per heavy atom. The molecule has 1 aliphatic heterocycles.